The molecule has 0 unspecified atom stereocenters. The van der Waals surface area contributed by atoms with Crippen molar-refractivity contribution in [3.8, 4) is 0 Å². The number of rotatable bonds is 7. The van der Waals surface area contributed by atoms with Crippen LogP contribution in [0.25, 0.3) is 0 Å². The molecule has 1 aromatic carbocycles. The quantitative estimate of drug-likeness (QED) is 0.724. The zero-order valence-corrected chi connectivity index (χ0v) is 14.7. The number of sulfonamides is 1. The maximum atomic E-state index is 12.2. The summed E-state index contributed by atoms with van der Waals surface area (Å²) in [5.74, 6) is -0.510. The Kier molecular flexibility index (Phi) is 6.05. The SMILES string of the molecule is CCOC(=O)c1ccc(S(=O)(=O)NCCn2nc(C)ccc2=O)cc1. The summed E-state index contributed by atoms with van der Waals surface area (Å²) in [5.41, 5.74) is 0.636. The summed E-state index contributed by atoms with van der Waals surface area (Å²) in [6, 6.07) is 8.40. The Labute approximate surface area is 145 Å². The molecule has 0 radical (unpaired) electrons. The van der Waals surface area contributed by atoms with E-state index in [4.69, 9.17) is 4.74 Å². The maximum absolute atomic E-state index is 12.2. The van der Waals surface area contributed by atoms with Gasteiger partial charge in [0.25, 0.3) is 5.56 Å². The van der Waals surface area contributed by atoms with Crippen LogP contribution >= 0.6 is 0 Å². The molecule has 9 heteroatoms. The number of benzene rings is 1. The number of ether oxygens (including phenoxy) is 1. The van der Waals surface area contributed by atoms with Gasteiger partial charge in [0.15, 0.2) is 0 Å². The number of nitrogens with zero attached hydrogens (tertiary/aromatic N) is 2. The molecule has 0 saturated carbocycles. The smallest absolute Gasteiger partial charge is 0.338 e. The van der Waals surface area contributed by atoms with Gasteiger partial charge in [-0.3, -0.25) is 4.79 Å². The van der Waals surface area contributed by atoms with E-state index in [1.807, 2.05) is 0 Å². The van der Waals surface area contributed by atoms with Crippen LogP contribution in [0, 0.1) is 6.92 Å². The first-order valence-electron chi connectivity index (χ1n) is 7.65. The molecule has 0 amide bonds. The predicted molar refractivity (Wildman–Crippen MR) is 90.8 cm³/mol. The molecule has 0 saturated heterocycles. The zero-order chi connectivity index (χ0) is 18.4. The van der Waals surface area contributed by atoms with Gasteiger partial charge in [0.1, 0.15) is 0 Å². The Morgan fingerprint density at radius 2 is 1.88 bits per heavy atom. The first kappa shape index (κ1) is 18.8. The Morgan fingerprint density at radius 3 is 2.52 bits per heavy atom. The van der Waals surface area contributed by atoms with E-state index in [2.05, 4.69) is 9.82 Å². The van der Waals surface area contributed by atoms with Crippen LogP contribution in [0.5, 0.6) is 0 Å². The lowest BCUT2D eigenvalue weighted by molar-refractivity contribution is 0.0526. The predicted octanol–water partition coefficient (Wildman–Crippen LogP) is 0.707. The molecule has 2 aromatic rings. The summed E-state index contributed by atoms with van der Waals surface area (Å²) < 4.78 is 32.9. The summed E-state index contributed by atoms with van der Waals surface area (Å²) in [6.07, 6.45) is 0. The van der Waals surface area contributed by atoms with Crippen molar-refractivity contribution in [1.82, 2.24) is 14.5 Å². The molecule has 2 rings (SSSR count). The minimum atomic E-state index is -3.75. The molecule has 1 N–H and O–H groups in total. The molecule has 1 aromatic heterocycles. The number of aromatic nitrogens is 2. The molecule has 25 heavy (non-hydrogen) atoms. The number of carbonyl (C=O) groups excluding carboxylic acids is 1. The number of nitrogens with one attached hydrogen (secondary N) is 1. The molecular formula is C16H19N3O5S. The van der Waals surface area contributed by atoms with Gasteiger partial charge in [-0.1, -0.05) is 0 Å². The number of esters is 1. The summed E-state index contributed by atoms with van der Waals surface area (Å²) in [4.78, 5) is 23.2. The molecule has 0 aliphatic rings. The zero-order valence-electron chi connectivity index (χ0n) is 13.9. The Bertz CT molecular complexity index is 904. The van der Waals surface area contributed by atoms with Crippen LogP contribution in [0.3, 0.4) is 0 Å². The van der Waals surface area contributed by atoms with Crippen molar-refractivity contribution in [2.45, 2.75) is 25.3 Å². The van der Waals surface area contributed by atoms with Crippen molar-refractivity contribution in [1.29, 1.82) is 0 Å². The molecular weight excluding hydrogens is 346 g/mol. The van der Waals surface area contributed by atoms with Crippen LogP contribution in [-0.4, -0.2) is 37.3 Å². The highest BCUT2D eigenvalue weighted by atomic mass is 32.2. The van der Waals surface area contributed by atoms with Crippen LogP contribution in [0.1, 0.15) is 23.0 Å². The first-order valence-corrected chi connectivity index (χ1v) is 9.13. The van der Waals surface area contributed by atoms with E-state index in [1.165, 1.54) is 35.0 Å². The lowest BCUT2D eigenvalue weighted by atomic mass is 10.2. The minimum Gasteiger partial charge on any atom is -0.462 e. The van der Waals surface area contributed by atoms with Crippen molar-refractivity contribution in [2.24, 2.45) is 0 Å². The monoisotopic (exact) mass is 365 g/mol. The van der Waals surface area contributed by atoms with Crippen LogP contribution in [-0.2, 0) is 21.3 Å². The van der Waals surface area contributed by atoms with Crippen LogP contribution < -0.4 is 10.3 Å². The second kappa shape index (κ2) is 8.04. The van der Waals surface area contributed by atoms with Crippen LogP contribution in [0.2, 0.25) is 0 Å². The molecule has 134 valence electrons. The van der Waals surface area contributed by atoms with E-state index >= 15 is 0 Å². The van der Waals surface area contributed by atoms with Gasteiger partial charge in [0, 0.05) is 12.6 Å². The van der Waals surface area contributed by atoms with Gasteiger partial charge in [0.05, 0.1) is 29.3 Å². The molecule has 0 aliphatic carbocycles. The maximum Gasteiger partial charge on any atom is 0.338 e. The molecule has 1 heterocycles. The summed E-state index contributed by atoms with van der Waals surface area (Å²) in [7, 11) is -3.75. The third-order valence-corrected chi connectivity index (χ3v) is 4.77. The third kappa shape index (κ3) is 4.97. The average Bonchev–Trinajstić information content (AvgIpc) is 2.58. The van der Waals surface area contributed by atoms with Crippen LogP contribution in [0.4, 0.5) is 0 Å². The van der Waals surface area contributed by atoms with Gasteiger partial charge >= 0.3 is 5.97 Å². The van der Waals surface area contributed by atoms with Crippen molar-refractivity contribution in [3.05, 3.63) is 58.0 Å². The summed E-state index contributed by atoms with van der Waals surface area (Å²) >= 11 is 0. The van der Waals surface area contributed by atoms with Crippen molar-refractivity contribution < 1.29 is 17.9 Å². The second-order valence-corrected chi connectivity index (χ2v) is 6.95. The Morgan fingerprint density at radius 1 is 1.20 bits per heavy atom. The number of carbonyl (C=O) groups is 1. The van der Waals surface area contributed by atoms with Gasteiger partial charge in [0.2, 0.25) is 10.0 Å². The molecule has 0 spiro atoms. The fraction of sp³-hybridized carbons (Fsp3) is 0.312. The summed E-state index contributed by atoms with van der Waals surface area (Å²) in [6.45, 7) is 3.80. The second-order valence-electron chi connectivity index (χ2n) is 5.18. The molecule has 0 fully saturated rings. The molecule has 0 aliphatic heterocycles. The highest BCUT2D eigenvalue weighted by molar-refractivity contribution is 7.89. The highest BCUT2D eigenvalue weighted by Gasteiger charge is 2.15. The lowest BCUT2D eigenvalue weighted by Gasteiger charge is -2.09. The Hall–Kier alpha value is -2.52. The molecule has 0 bridgehead atoms. The van der Waals surface area contributed by atoms with E-state index in [9.17, 15) is 18.0 Å². The fourth-order valence-electron chi connectivity index (χ4n) is 2.06. The first-order chi connectivity index (χ1) is 11.8. The molecule has 8 nitrogen and oxygen atoms in total. The fourth-order valence-corrected chi connectivity index (χ4v) is 3.09. The average molecular weight is 365 g/mol. The van der Waals surface area contributed by atoms with E-state index < -0.39 is 16.0 Å². The summed E-state index contributed by atoms with van der Waals surface area (Å²) in [5, 5.41) is 4.03. The van der Waals surface area contributed by atoms with Crippen molar-refractivity contribution in [3.63, 3.8) is 0 Å². The number of aryl methyl sites for hydroxylation is 1. The molecule has 0 atom stereocenters. The van der Waals surface area contributed by atoms with Gasteiger partial charge < -0.3 is 4.74 Å². The van der Waals surface area contributed by atoms with E-state index in [-0.39, 0.29) is 35.7 Å². The third-order valence-electron chi connectivity index (χ3n) is 3.29. The van der Waals surface area contributed by atoms with E-state index in [1.54, 1.807) is 19.9 Å². The Balaban J connectivity index is 2.02. The van der Waals surface area contributed by atoms with Gasteiger partial charge in [-0.25, -0.2) is 22.6 Å². The van der Waals surface area contributed by atoms with Crippen molar-refractivity contribution in [2.75, 3.05) is 13.2 Å². The van der Waals surface area contributed by atoms with Gasteiger partial charge in [-0.05, 0) is 44.2 Å². The van der Waals surface area contributed by atoms with Crippen LogP contribution in [0.15, 0.2) is 46.1 Å². The number of hydrogen-bond donors (Lipinski definition) is 1. The van der Waals surface area contributed by atoms with E-state index in [0.717, 1.165) is 0 Å². The topological polar surface area (TPSA) is 107 Å². The van der Waals surface area contributed by atoms with Gasteiger partial charge in [-0.2, -0.15) is 5.10 Å². The highest BCUT2D eigenvalue weighted by Crippen LogP contribution is 2.11. The lowest BCUT2D eigenvalue weighted by Crippen LogP contribution is -2.32. The normalized spacial score (nSPS) is 11.3. The largest absolute Gasteiger partial charge is 0.462 e. The van der Waals surface area contributed by atoms with Crippen molar-refractivity contribution >= 4 is 16.0 Å². The standard InChI is InChI=1S/C16H19N3O5S/c1-3-24-16(21)13-5-7-14(8-6-13)25(22,23)17-10-11-19-15(20)9-4-12(2)18-19/h4-9,17H,3,10-11H2,1-2H3. The minimum absolute atomic E-state index is 0.0122. The van der Waals surface area contributed by atoms with Gasteiger partial charge in [-0.15, -0.1) is 0 Å². The number of hydrogen-bond acceptors (Lipinski definition) is 6. The van der Waals surface area contributed by atoms with E-state index in [0.29, 0.717) is 5.69 Å².